The zero-order chi connectivity index (χ0) is 12.3. The molecule has 0 radical (unpaired) electrons. The average Bonchev–Trinajstić information content (AvgIpc) is 2.38. The molecule has 1 unspecified atom stereocenters. The van der Waals surface area contributed by atoms with Crippen LogP contribution >= 0.6 is 11.8 Å². The number of nitrogens with one attached hydrogen (secondary N) is 1. The van der Waals surface area contributed by atoms with Crippen LogP contribution < -0.4 is 11.3 Å². The lowest BCUT2D eigenvalue weighted by Crippen LogP contribution is -2.41. The first-order valence-electron chi connectivity index (χ1n) is 5.40. The lowest BCUT2D eigenvalue weighted by molar-refractivity contribution is 0.0757. The Kier molecular flexibility index (Phi) is 3.80. The van der Waals surface area contributed by atoms with Gasteiger partial charge in [-0.25, -0.2) is 10.8 Å². The standard InChI is InChI=1S/C10H15N5OS/c1-7-6-15(2-3-17-7)10(16)8-4-12-5-9(13-8)14-11/h4-5,7H,2-3,6,11H2,1H3,(H,13,14). The Hall–Kier alpha value is -1.34. The zero-order valence-corrected chi connectivity index (χ0v) is 10.4. The highest BCUT2D eigenvalue weighted by Gasteiger charge is 2.23. The molecule has 92 valence electrons. The number of aromatic nitrogens is 2. The Balaban J connectivity index is 2.12. The van der Waals surface area contributed by atoms with Gasteiger partial charge in [0.05, 0.1) is 12.4 Å². The van der Waals surface area contributed by atoms with Crippen LogP contribution in [0.2, 0.25) is 0 Å². The van der Waals surface area contributed by atoms with E-state index in [1.54, 1.807) is 0 Å². The van der Waals surface area contributed by atoms with E-state index < -0.39 is 0 Å². The average molecular weight is 253 g/mol. The molecule has 1 amide bonds. The maximum absolute atomic E-state index is 12.2. The molecule has 7 heteroatoms. The van der Waals surface area contributed by atoms with Gasteiger partial charge >= 0.3 is 0 Å². The number of carbonyl (C=O) groups excluding carboxylic acids is 1. The Morgan fingerprint density at radius 1 is 1.65 bits per heavy atom. The van der Waals surface area contributed by atoms with Gasteiger partial charge in [-0.05, 0) is 0 Å². The number of rotatable bonds is 2. The number of nitrogens with zero attached hydrogens (tertiary/aromatic N) is 3. The molecule has 1 atom stereocenters. The van der Waals surface area contributed by atoms with Gasteiger partial charge < -0.3 is 10.3 Å². The van der Waals surface area contributed by atoms with E-state index in [9.17, 15) is 4.79 Å². The third-order valence-electron chi connectivity index (χ3n) is 2.53. The molecule has 0 spiro atoms. The number of amides is 1. The predicted molar refractivity (Wildman–Crippen MR) is 67.7 cm³/mol. The van der Waals surface area contributed by atoms with Crippen LogP contribution in [-0.4, -0.2) is 44.9 Å². The molecule has 6 nitrogen and oxygen atoms in total. The molecule has 0 aromatic carbocycles. The Morgan fingerprint density at radius 2 is 2.47 bits per heavy atom. The first kappa shape index (κ1) is 12.1. The van der Waals surface area contributed by atoms with Crippen molar-refractivity contribution in [3.63, 3.8) is 0 Å². The minimum atomic E-state index is -0.0817. The zero-order valence-electron chi connectivity index (χ0n) is 9.59. The molecule has 1 aromatic rings. The van der Waals surface area contributed by atoms with Crippen LogP contribution in [0.3, 0.4) is 0 Å². The maximum atomic E-state index is 12.2. The minimum absolute atomic E-state index is 0.0817. The second kappa shape index (κ2) is 5.33. The molecule has 1 aromatic heterocycles. The fourth-order valence-electron chi connectivity index (χ4n) is 1.70. The topological polar surface area (TPSA) is 84.1 Å². The van der Waals surface area contributed by atoms with Gasteiger partial charge in [0.15, 0.2) is 5.82 Å². The highest BCUT2D eigenvalue weighted by atomic mass is 32.2. The normalized spacial score (nSPS) is 20.1. The number of hydrogen-bond donors (Lipinski definition) is 2. The van der Waals surface area contributed by atoms with Crippen molar-refractivity contribution >= 4 is 23.5 Å². The Labute approximate surface area is 104 Å². The molecular weight excluding hydrogens is 238 g/mol. The van der Waals surface area contributed by atoms with E-state index >= 15 is 0 Å². The highest BCUT2D eigenvalue weighted by molar-refractivity contribution is 7.99. The summed E-state index contributed by atoms with van der Waals surface area (Å²) >= 11 is 1.88. The van der Waals surface area contributed by atoms with Crippen molar-refractivity contribution in [2.45, 2.75) is 12.2 Å². The predicted octanol–water partition coefficient (Wildman–Crippen LogP) is 0.340. The van der Waals surface area contributed by atoms with Crippen molar-refractivity contribution in [3.05, 3.63) is 18.1 Å². The van der Waals surface area contributed by atoms with Gasteiger partial charge in [0.25, 0.3) is 5.91 Å². The monoisotopic (exact) mass is 253 g/mol. The fourth-order valence-corrected chi connectivity index (χ4v) is 2.72. The Bertz CT molecular complexity index is 413. The third kappa shape index (κ3) is 2.86. The number of nitrogen functional groups attached to an aromatic ring is 1. The van der Waals surface area contributed by atoms with Crippen molar-refractivity contribution in [2.75, 3.05) is 24.3 Å². The van der Waals surface area contributed by atoms with Gasteiger partial charge in [0, 0.05) is 24.1 Å². The van der Waals surface area contributed by atoms with E-state index in [0.717, 1.165) is 18.8 Å². The lowest BCUT2D eigenvalue weighted by atomic mass is 10.3. The molecule has 2 heterocycles. The summed E-state index contributed by atoms with van der Waals surface area (Å²) in [5.74, 6) is 6.52. The summed E-state index contributed by atoms with van der Waals surface area (Å²) in [4.78, 5) is 22.0. The number of nitrogens with two attached hydrogens (primary N) is 1. The van der Waals surface area contributed by atoms with Crippen LogP contribution in [0.5, 0.6) is 0 Å². The Morgan fingerprint density at radius 3 is 3.18 bits per heavy atom. The van der Waals surface area contributed by atoms with Crippen LogP contribution in [0.4, 0.5) is 5.82 Å². The van der Waals surface area contributed by atoms with E-state index in [1.165, 1.54) is 12.4 Å². The molecule has 17 heavy (non-hydrogen) atoms. The molecular formula is C10H15N5OS. The number of hydrogen-bond acceptors (Lipinski definition) is 6. The number of anilines is 1. The first-order chi connectivity index (χ1) is 8.20. The largest absolute Gasteiger partial charge is 0.335 e. The summed E-state index contributed by atoms with van der Waals surface area (Å²) in [5, 5.41) is 0.469. The third-order valence-corrected chi connectivity index (χ3v) is 3.67. The van der Waals surface area contributed by atoms with Gasteiger partial charge in [0.2, 0.25) is 0 Å². The second-order valence-electron chi connectivity index (χ2n) is 3.87. The quantitative estimate of drug-likeness (QED) is 0.584. The molecule has 1 aliphatic rings. The van der Waals surface area contributed by atoms with Gasteiger partial charge in [-0.1, -0.05) is 6.92 Å². The summed E-state index contributed by atoms with van der Waals surface area (Å²) in [6, 6.07) is 0. The lowest BCUT2D eigenvalue weighted by Gasteiger charge is -2.30. The number of hydrazine groups is 1. The summed E-state index contributed by atoms with van der Waals surface area (Å²) in [6.07, 6.45) is 2.95. The fraction of sp³-hybridized carbons (Fsp3) is 0.500. The SMILES string of the molecule is CC1CN(C(=O)c2cncc(NN)n2)CCS1. The molecule has 1 fully saturated rings. The summed E-state index contributed by atoms with van der Waals surface area (Å²) < 4.78 is 0. The summed E-state index contributed by atoms with van der Waals surface area (Å²) in [7, 11) is 0. The summed E-state index contributed by atoms with van der Waals surface area (Å²) in [6.45, 7) is 3.63. The molecule has 0 aliphatic carbocycles. The van der Waals surface area contributed by atoms with E-state index in [4.69, 9.17) is 5.84 Å². The van der Waals surface area contributed by atoms with Crippen LogP contribution in [0.25, 0.3) is 0 Å². The van der Waals surface area contributed by atoms with Crippen LogP contribution in [0.1, 0.15) is 17.4 Å². The van der Waals surface area contributed by atoms with Gasteiger partial charge in [-0.3, -0.25) is 9.78 Å². The van der Waals surface area contributed by atoms with Crippen LogP contribution in [0, 0.1) is 0 Å². The van der Waals surface area contributed by atoms with Gasteiger partial charge in [-0.15, -0.1) is 0 Å². The van der Waals surface area contributed by atoms with E-state index in [1.807, 2.05) is 16.7 Å². The van der Waals surface area contributed by atoms with Crippen molar-refractivity contribution in [1.29, 1.82) is 0 Å². The summed E-state index contributed by atoms with van der Waals surface area (Å²) in [5.41, 5.74) is 2.72. The van der Waals surface area contributed by atoms with Gasteiger partial charge in [0.1, 0.15) is 5.69 Å². The van der Waals surface area contributed by atoms with Crippen LogP contribution in [0.15, 0.2) is 12.4 Å². The molecule has 0 bridgehead atoms. The second-order valence-corrected chi connectivity index (χ2v) is 5.41. The smallest absolute Gasteiger partial charge is 0.274 e. The number of thioether (sulfide) groups is 1. The number of carbonyl (C=O) groups is 1. The van der Waals surface area contributed by atoms with Gasteiger partial charge in [-0.2, -0.15) is 11.8 Å². The first-order valence-corrected chi connectivity index (χ1v) is 6.45. The van der Waals surface area contributed by atoms with E-state index in [0.29, 0.717) is 16.8 Å². The molecule has 0 saturated carbocycles. The molecule has 1 aliphatic heterocycles. The van der Waals surface area contributed by atoms with Crippen molar-refractivity contribution in [2.24, 2.45) is 5.84 Å². The van der Waals surface area contributed by atoms with Crippen molar-refractivity contribution in [1.82, 2.24) is 14.9 Å². The van der Waals surface area contributed by atoms with Crippen LogP contribution in [-0.2, 0) is 0 Å². The molecule has 3 N–H and O–H groups in total. The highest BCUT2D eigenvalue weighted by Crippen LogP contribution is 2.19. The maximum Gasteiger partial charge on any atom is 0.274 e. The minimum Gasteiger partial charge on any atom is -0.335 e. The molecule has 1 saturated heterocycles. The van der Waals surface area contributed by atoms with E-state index in [-0.39, 0.29) is 5.91 Å². The molecule has 2 rings (SSSR count). The van der Waals surface area contributed by atoms with Crippen molar-refractivity contribution in [3.8, 4) is 0 Å². The van der Waals surface area contributed by atoms with Crippen molar-refractivity contribution < 1.29 is 4.79 Å². The van der Waals surface area contributed by atoms with E-state index in [2.05, 4.69) is 22.3 Å².